The van der Waals surface area contributed by atoms with Gasteiger partial charge in [-0.05, 0) is 44.8 Å². The summed E-state index contributed by atoms with van der Waals surface area (Å²) in [4.78, 5) is 15.4. The Hall–Kier alpha value is -1.38. The minimum Gasteiger partial charge on any atom is -0.402 e. The van der Waals surface area contributed by atoms with Crippen LogP contribution in [-0.2, 0) is 4.79 Å². The first-order chi connectivity index (χ1) is 8.03. The second kappa shape index (κ2) is 5.80. The fraction of sp³-hybridized carbons (Fsp3) is 0.571. The van der Waals surface area contributed by atoms with Gasteiger partial charge in [-0.2, -0.15) is 0 Å². The molecule has 0 aromatic rings. The normalized spacial score (nSPS) is 21.0. The highest BCUT2D eigenvalue weighted by atomic mass is 16.1. The molecule has 3 heteroatoms. The SMILES string of the molecule is CN=C(C)C(=CC=C(C)N)CC1(C=O)CCC1. The zero-order valence-corrected chi connectivity index (χ0v) is 11.0. The van der Waals surface area contributed by atoms with Crippen LogP contribution in [0.1, 0.15) is 39.5 Å². The molecule has 0 atom stereocenters. The quantitative estimate of drug-likeness (QED) is 0.451. The van der Waals surface area contributed by atoms with Crippen LogP contribution < -0.4 is 5.73 Å². The van der Waals surface area contributed by atoms with Crippen molar-refractivity contribution in [1.82, 2.24) is 0 Å². The highest BCUT2D eigenvalue weighted by molar-refractivity contribution is 5.98. The number of aliphatic imine (C=N–C) groups is 1. The summed E-state index contributed by atoms with van der Waals surface area (Å²) in [5.41, 5.74) is 8.35. The molecule has 0 radical (unpaired) electrons. The molecular formula is C14H22N2O. The number of hydrogen-bond acceptors (Lipinski definition) is 3. The molecule has 1 rings (SSSR count). The van der Waals surface area contributed by atoms with E-state index in [9.17, 15) is 4.79 Å². The van der Waals surface area contributed by atoms with Crippen molar-refractivity contribution in [1.29, 1.82) is 0 Å². The number of nitrogens with two attached hydrogens (primary N) is 1. The smallest absolute Gasteiger partial charge is 0.126 e. The number of aldehydes is 1. The summed E-state index contributed by atoms with van der Waals surface area (Å²) in [7, 11) is 1.77. The van der Waals surface area contributed by atoms with Crippen molar-refractivity contribution in [3.8, 4) is 0 Å². The molecule has 0 heterocycles. The summed E-state index contributed by atoms with van der Waals surface area (Å²) < 4.78 is 0. The van der Waals surface area contributed by atoms with Crippen LogP contribution in [0.2, 0.25) is 0 Å². The lowest BCUT2D eigenvalue weighted by Crippen LogP contribution is -2.32. The average Bonchev–Trinajstić information content (AvgIpc) is 2.26. The van der Waals surface area contributed by atoms with Crippen LogP contribution in [0, 0.1) is 5.41 Å². The average molecular weight is 234 g/mol. The van der Waals surface area contributed by atoms with E-state index in [1.807, 2.05) is 26.0 Å². The lowest BCUT2D eigenvalue weighted by atomic mass is 9.66. The van der Waals surface area contributed by atoms with E-state index in [0.717, 1.165) is 49.0 Å². The Labute approximate surface area is 103 Å². The molecule has 3 nitrogen and oxygen atoms in total. The lowest BCUT2D eigenvalue weighted by molar-refractivity contribution is -0.120. The van der Waals surface area contributed by atoms with Gasteiger partial charge in [-0.3, -0.25) is 4.99 Å². The van der Waals surface area contributed by atoms with E-state index in [2.05, 4.69) is 4.99 Å². The number of carbonyl (C=O) groups is 1. The van der Waals surface area contributed by atoms with Gasteiger partial charge in [-0.25, -0.2) is 0 Å². The number of rotatable bonds is 5. The van der Waals surface area contributed by atoms with Crippen LogP contribution in [0.25, 0.3) is 0 Å². The van der Waals surface area contributed by atoms with Crippen LogP contribution in [0.15, 0.2) is 28.4 Å². The van der Waals surface area contributed by atoms with Crippen molar-refractivity contribution < 1.29 is 4.79 Å². The zero-order valence-electron chi connectivity index (χ0n) is 11.0. The highest BCUT2D eigenvalue weighted by Gasteiger charge is 2.37. The van der Waals surface area contributed by atoms with Gasteiger partial charge in [0.05, 0.1) is 0 Å². The summed E-state index contributed by atoms with van der Waals surface area (Å²) in [5, 5.41) is 0. The minimum atomic E-state index is -0.145. The van der Waals surface area contributed by atoms with E-state index in [1.54, 1.807) is 7.05 Å². The second-order valence-electron chi connectivity index (χ2n) is 4.92. The summed E-state index contributed by atoms with van der Waals surface area (Å²) >= 11 is 0. The molecule has 2 N–H and O–H groups in total. The molecule has 0 saturated heterocycles. The fourth-order valence-corrected chi connectivity index (χ4v) is 2.03. The van der Waals surface area contributed by atoms with Crippen LogP contribution in [-0.4, -0.2) is 19.0 Å². The molecule has 0 unspecified atom stereocenters. The third-order valence-electron chi connectivity index (χ3n) is 3.49. The molecule has 0 aliphatic heterocycles. The van der Waals surface area contributed by atoms with E-state index in [0.29, 0.717) is 0 Å². The minimum absolute atomic E-state index is 0.145. The Morgan fingerprint density at radius 3 is 2.35 bits per heavy atom. The summed E-state index contributed by atoms with van der Waals surface area (Å²) in [5.74, 6) is 0. The highest BCUT2D eigenvalue weighted by Crippen LogP contribution is 2.44. The molecule has 1 fully saturated rings. The van der Waals surface area contributed by atoms with Gasteiger partial charge in [-0.15, -0.1) is 0 Å². The first-order valence-electron chi connectivity index (χ1n) is 6.06. The third kappa shape index (κ3) is 3.55. The molecule has 0 spiro atoms. The number of hydrogen-bond donors (Lipinski definition) is 1. The molecule has 0 amide bonds. The van der Waals surface area contributed by atoms with E-state index in [4.69, 9.17) is 5.73 Å². The lowest BCUT2D eigenvalue weighted by Gasteiger charge is -2.37. The molecule has 0 aromatic carbocycles. The van der Waals surface area contributed by atoms with Gasteiger partial charge >= 0.3 is 0 Å². The number of nitrogens with zero attached hydrogens (tertiary/aromatic N) is 1. The predicted molar refractivity (Wildman–Crippen MR) is 72.0 cm³/mol. The molecule has 0 aromatic heterocycles. The third-order valence-corrected chi connectivity index (χ3v) is 3.49. The largest absolute Gasteiger partial charge is 0.402 e. The van der Waals surface area contributed by atoms with Crippen molar-refractivity contribution >= 4 is 12.0 Å². The molecule has 17 heavy (non-hydrogen) atoms. The first-order valence-corrected chi connectivity index (χ1v) is 6.06. The molecule has 1 aliphatic carbocycles. The van der Waals surface area contributed by atoms with Crippen molar-refractivity contribution in [2.45, 2.75) is 39.5 Å². The fourth-order valence-electron chi connectivity index (χ4n) is 2.03. The zero-order chi connectivity index (χ0) is 12.9. The Bertz CT molecular complexity index is 370. The maximum atomic E-state index is 11.2. The van der Waals surface area contributed by atoms with E-state index >= 15 is 0 Å². The molecule has 1 saturated carbocycles. The Morgan fingerprint density at radius 2 is 2.00 bits per heavy atom. The number of carbonyl (C=O) groups excluding carboxylic acids is 1. The molecule has 94 valence electrons. The molecule has 0 bridgehead atoms. The van der Waals surface area contributed by atoms with Gasteiger partial charge < -0.3 is 10.5 Å². The van der Waals surface area contributed by atoms with E-state index < -0.39 is 0 Å². The molecular weight excluding hydrogens is 212 g/mol. The Balaban J connectivity index is 2.88. The van der Waals surface area contributed by atoms with E-state index in [-0.39, 0.29) is 5.41 Å². The number of allylic oxidation sites excluding steroid dienone is 4. The molecule has 1 aliphatic rings. The summed E-state index contributed by atoms with van der Waals surface area (Å²) in [6.07, 6.45) is 8.91. The Kier molecular flexibility index (Phi) is 4.67. The van der Waals surface area contributed by atoms with Crippen molar-refractivity contribution in [2.24, 2.45) is 16.1 Å². The monoisotopic (exact) mass is 234 g/mol. The van der Waals surface area contributed by atoms with E-state index in [1.165, 1.54) is 0 Å². The van der Waals surface area contributed by atoms with Crippen LogP contribution in [0.3, 0.4) is 0 Å². The predicted octanol–water partition coefficient (Wildman–Crippen LogP) is 2.63. The van der Waals surface area contributed by atoms with Crippen molar-refractivity contribution in [3.05, 3.63) is 23.4 Å². The standard InChI is InChI=1S/C14H22N2O/c1-11(15)5-6-13(12(2)16-3)9-14(10-17)7-4-8-14/h5-6,10H,4,7-9,15H2,1-3H3. The van der Waals surface area contributed by atoms with Gasteiger partial charge in [-0.1, -0.05) is 12.5 Å². The van der Waals surface area contributed by atoms with Crippen molar-refractivity contribution in [3.63, 3.8) is 0 Å². The van der Waals surface area contributed by atoms with Crippen LogP contribution in [0.5, 0.6) is 0 Å². The maximum absolute atomic E-state index is 11.2. The van der Waals surface area contributed by atoms with Crippen LogP contribution >= 0.6 is 0 Å². The Morgan fingerprint density at radius 1 is 1.35 bits per heavy atom. The first kappa shape index (κ1) is 13.7. The van der Waals surface area contributed by atoms with Crippen molar-refractivity contribution in [2.75, 3.05) is 7.05 Å². The van der Waals surface area contributed by atoms with Gasteiger partial charge in [0.25, 0.3) is 0 Å². The van der Waals surface area contributed by atoms with Gasteiger partial charge in [0.1, 0.15) is 6.29 Å². The van der Waals surface area contributed by atoms with Gasteiger partial charge in [0.15, 0.2) is 0 Å². The summed E-state index contributed by atoms with van der Waals surface area (Å²) in [6.45, 7) is 3.83. The van der Waals surface area contributed by atoms with Crippen LogP contribution in [0.4, 0.5) is 0 Å². The van der Waals surface area contributed by atoms with Gasteiger partial charge in [0.2, 0.25) is 0 Å². The summed E-state index contributed by atoms with van der Waals surface area (Å²) in [6, 6.07) is 0. The maximum Gasteiger partial charge on any atom is 0.126 e. The van der Waals surface area contributed by atoms with Gasteiger partial charge in [0, 0.05) is 23.9 Å². The topological polar surface area (TPSA) is 55.4 Å². The second-order valence-corrected chi connectivity index (χ2v) is 4.92.